The molecule has 3 aromatic heterocycles. The van der Waals surface area contributed by atoms with Crippen molar-refractivity contribution in [2.45, 2.75) is 46.0 Å². The quantitative estimate of drug-likeness (QED) is 0.139. The van der Waals surface area contributed by atoms with Crippen molar-refractivity contribution >= 4 is 71.1 Å². The minimum absolute atomic E-state index is 0.286. The molecule has 1 unspecified atom stereocenters. The molecular formula is C67H54N6. The van der Waals surface area contributed by atoms with E-state index in [1.807, 2.05) is 0 Å². The van der Waals surface area contributed by atoms with Gasteiger partial charge in [0.2, 0.25) is 0 Å². The Hall–Kier alpha value is -8.84. The van der Waals surface area contributed by atoms with Crippen LogP contribution in [0.15, 0.2) is 194 Å². The molecule has 0 fully saturated rings. The van der Waals surface area contributed by atoms with Crippen LogP contribution in [0.5, 0.6) is 0 Å². The Morgan fingerprint density at radius 2 is 1.04 bits per heavy atom. The van der Waals surface area contributed by atoms with Crippen LogP contribution in [0.1, 0.15) is 62.8 Å². The highest BCUT2D eigenvalue weighted by molar-refractivity contribution is 6.15. The summed E-state index contributed by atoms with van der Waals surface area (Å²) in [6.07, 6.45) is 15.6. The van der Waals surface area contributed by atoms with Crippen molar-refractivity contribution in [3.8, 4) is 40.3 Å². The average Bonchev–Trinajstić information content (AvgIpc) is 4.13. The van der Waals surface area contributed by atoms with E-state index in [0.29, 0.717) is 46.8 Å². The molecule has 13 rings (SSSR count). The van der Waals surface area contributed by atoms with Gasteiger partial charge in [-0.25, -0.2) is 0 Å². The summed E-state index contributed by atoms with van der Waals surface area (Å²) in [5.74, 6) is 1.52. The summed E-state index contributed by atoms with van der Waals surface area (Å²) < 4.78 is 6.89. The third kappa shape index (κ3) is 6.60. The van der Waals surface area contributed by atoms with Crippen LogP contribution >= 0.6 is 0 Å². The highest BCUT2D eigenvalue weighted by atomic mass is 15.1. The van der Waals surface area contributed by atoms with Gasteiger partial charge in [0.25, 0.3) is 0 Å². The fraction of sp³-hybridized carbons (Fsp3) is 0.164. The van der Waals surface area contributed by atoms with Crippen LogP contribution in [0.25, 0.3) is 93.6 Å². The predicted octanol–water partition coefficient (Wildman–Crippen LogP) is 16.8. The monoisotopic (exact) mass is 942 g/mol. The molecule has 0 amide bonds. The van der Waals surface area contributed by atoms with E-state index in [1.165, 1.54) is 22.3 Å². The fourth-order valence-corrected chi connectivity index (χ4v) is 12.7. The van der Waals surface area contributed by atoms with Gasteiger partial charge < -0.3 is 19.0 Å². The van der Waals surface area contributed by atoms with Gasteiger partial charge in [0, 0.05) is 44.3 Å². The second kappa shape index (κ2) is 17.2. The Bertz CT molecular complexity index is 4160. The van der Waals surface area contributed by atoms with Crippen LogP contribution in [0.4, 0.5) is 5.69 Å². The highest BCUT2D eigenvalue weighted by Gasteiger charge is 2.38. The van der Waals surface area contributed by atoms with E-state index in [9.17, 15) is 10.5 Å². The molecule has 352 valence electrons. The van der Waals surface area contributed by atoms with Gasteiger partial charge >= 0.3 is 0 Å². The zero-order valence-electron chi connectivity index (χ0n) is 41.6. The third-order valence-electron chi connectivity index (χ3n) is 16.5. The first kappa shape index (κ1) is 44.1. The van der Waals surface area contributed by atoms with Gasteiger partial charge in [-0.15, -0.1) is 0 Å². The predicted molar refractivity (Wildman–Crippen MR) is 303 cm³/mol. The van der Waals surface area contributed by atoms with Crippen molar-refractivity contribution in [3.05, 3.63) is 216 Å². The fourth-order valence-electron chi connectivity index (χ4n) is 12.7. The Kier molecular flexibility index (Phi) is 10.4. The Morgan fingerprint density at radius 3 is 1.59 bits per heavy atom. The van der Waals surface area contributed by atoms with Crippen molar-refractivity contribution < 1.29 is 0 Å². The molecular weight excluding hydrogens is 889 g/mol. The van der Waals surface area contributed by atoms with Crippen LogP contribution in [-0.4, -0.2) is 20.2 Å². The summed E-state index contributed by atoms with van der Waals surface area (Å²) >= 11 is 0. The molecule has 0 saturated carbocycles. The van der Waals surface area contributed by atoms with E-state index in [0.717, 1.165) is 89.6 Å². The molecule has 2 aliphatic rings. The molecule has 73 heavy (non-hydrogen) atoms. The molecule has 0 saturated heterocycles. The number of para-hydroxylation sites is 5. The number of nitrogens with zero attached hydrogens (tertiary/aromatic N) is 5. The van der Waals surface area contributed by atoms with Crippen LogP contribution < -0.4 is 5.32 Å². The number of nitriles is 2. The number of hydrogen-bond donors (Lipinski definition) is 1. The number of benzene rings is 8. The van der Waals surface area contributed by atoms with Gasteiger partial charge in [-0.1, -0.05) is 179 Å². The molecule has 6 heteroatoms. The lowest BCUT2D eigenvalue weighted by Gasteiger charge is -2.27. The van der Waals surface area contributed by atoms with Crippen molar-refractivity contribution in [3.63, 3.8) is 0 Å². The first-order valence-electron chi connectivity index (χ1n) is 25.7. The third-order valence-corrected chi connectivity index (χ3v) is 16.5. The number of nitrogens with one attached hydrogen (secondary N) is 1. The molecule has 0 radical (unpaired) electrons. The summed E-state index contributed by atoms with van der Waals surface area (Å²) in [6, 6.07) is 61.5. The minimum Gasteiger partial charge on any atom is -0.378 e. The normalized spacial score (nSPS) is 15.7. The Morgan fingerprint density at radius 1 is 0.548 bits per heavy atom. The molecule has 11 aromatic rings. The number of anilines is 1. The van der Waals surface area contributed by atoms with Gasteiger partial charge in [0.15, 0.2) is 0 Å². The minimum atomic E-state index is -0.286. The first-order chi connectivity index (χ1) is 35.8. The average molecular weight is 943 g/mol. The summed E-state index contributed by atoms with van der Waals surface area (Å²) in [5.41, 5.74) is 14.0. The lowest BCUT2D eigenvalue weighted by Crippen LogP contribution is -2.18. The molecule has 0 aliphatic heterocycles. The van der Waals surface area contributed by atoms with Crippen LogP contribution in [-0.2, 0) is 5.41 Å². The maximum Gasteiger partial charge on any atom is 0.103 e. The highest BCUT2D eigenvalue weighted by Crippen LogP contribution is 2.53. The molecule has 2 aliphatic carbocycles. The number of fused-ring (bicyclic) bond motifs is 12. The lowest BCUT2D eigenvalue weighted by atomic mass is 9.79. The van der Waals surface area contributed by atoms with Crippen molar-refractivity contribution in [1.82, 2.24) is 13.7 Å². The summed E-state index contributed by atoms with van der Waals surface area (Å²) in [4.78, 5) is 0. The summed E-state index contributed by atoms with van der Waals surface area (Å²) in [5, 5.41) is 34.6. The zero-order valence-corrected chi connectivity index (χ0v) is 41.6. The van der Waals surface area contributed by atoms with Gasteiger partial charge in [-0.3, -0.25) is 0 Å². The van der Waals surface area contributed by atoms with E-state index in [-0.39, 0.29) is 5.41 Å². The van der Waals surface area contributed by atoms with E-state index in [4.69, 9.17) is 0 Å². The molecule has 0 spiro atoms. The van der Waals surface area contributed by atoms with Gasteiger partial charge in [-0.2, -0.15) is 10.5 Å². The van der Waals surface area contributed by atoms with Gasteiger partial charge in [0.1, 0.15) is 12.1 Å². The topological polar surface area (TPSA) is 74.4 Å². The Balaban J connectivity index is 1.16. The SMILES string of the molecule is C[C@H](C/C=C\CNc1c(-n2c3ccccc3c3ccccc32)c(C#N)c(C#N)c(-n2c3ccccc3c3cc4c(cc32)C(C)(C)c2ccccc2-4)c1-n1c2ccccc2c2ccccc21)[C@H](C)C1C=CC=CC1. The summed E-state index contributed by atoms with van der Waals surface area (Å²) in [7, 11) is 0. The number of aromatic nitrogens is 3. The van der Waals surface area contributed by atoms with Crippen LogP contribution in [0.3, 0.4) is 0 Å². The molecule has 3 atom stereocenters. The maximum absolute atomic E-state index is 12.1. The van der Waals surface area contributed by atoms with E-state index < -0.39 is 0 Å². The van der Waals surface area contributed by atoms with E-state index in [1.54, 1.807) is 0 Å². The maximum atomic E-state index is 12.1. The molecule has 0 bridgehead atoms. The van der Waals surface area contributed by atoms with Gasteiger partial charge in [0.05, 0.1) is 67.0 Å². The van der Waals surface area contributed by atoms with Crippen molar-refractivity contribution in [2.75, 3.05) is 11.9 Å². The van der Waals surface area contributed by atoms with Crippen LogP contribution in [0, 0.1) is 40.4 Å². The summed E-state index contributed by atoms with van der Waals surface area (Å²) in [6.45, 7) is 9.85. The van der Waals surface area contributed by atoms with Crippen molar-refractivity contribution in [2.24, 2.45) is 17.8 Å². The molecule has 3 heterocycles. The smallest absolute Gasteiger partial charge is 0.103 e. The standard InChI is InChI=1S/C67H54N6/c1-42(43(2)44-23-6-5-7-24-44)22-20-21-37-70-63-64(71-57-32-15-9-26-46(57)47-27-10-16-33-58(47)71)53(40-68)54(41-69)65(66(63)72-59-34-17-11-28-48(59)49-29-12-18-35-60(49)72)73-61-36-19-13-30-50(61)52-38-51-45-25-8-14-31-55(45)67(3,4)56(51)39-62(52)73/h5-21,23,25-36,38-39,42-44,70H,22,24,37H2,1-4H3/b21-20-/t42-,43+,44?/m1/s1. The van der Waals surface area contributed by atoms with E-state index >= 15 is 0 Å². The number of rotatable bonds is 10. The van der Waals surface area contributed by atoms with Crippen LogP contribution in [0.2, 0.25) is 0 Å². The lowest BCUT2D eigenvalue weighted by molar-refractivity contribution is 0.306. The molecule has 6 nitrogen and oxygen atoms in total. The second-order valence-electron chi connectivity index (χ2n) is 20.7. The zero-order chi connectivity index (χ0) is 49.5. The first-order valence-corrected chi connectivity index (χ1v) is 25.7. The molecule has 1 N–H and O–H groups in total. The largest absolute Gasteiger partial charge is 0.378 e. The second-order valence-corrected chi connectivity index (χ2v) is 20.7. The number of allylic oxidation sites excluding steroid dienone is 5. The molecule has 8 aromatic carbocycles. The van der Waals surface area contributed by atoms with Gasteiger partial charge in [-0.05, 0) is 95.3 Å². The Labute approximate surface area is 425 Å². The van der Waals surface area contributed by atoms with E-state index in [2.05, 4.69) is 253 Å². The van der Waals surface area contributed by atoms with Crippen molar-refractivity contribution in [1.29, 1.82) is 10.5 Å². The number of hydrogen-bond acceptors (Lipinski definition) is 3.